The Morgan fingerprint density at radius 1 is 1.44 bits per heavy atom. The SMILES string of the molecule is Cc1sc(CNc2ccc(F)cc2C#N)cc1Br. The first-order chi connectivity index (χ1) is 8.60. The van der Waals surface area contributed by atoms with E-state index in [1.807, 2.05) is 19.1 Å². The van der Waals surface area contributed by atoms with Gasteiger partial charge in [0.15, 0.2) is 0 Å². The summed E-state index contributed by atoms with van der Waals surface area (Å²) < 4.78 is 14.1. The second kappa shape index (κ2) is 5.51. The molecule has 0 radical (unpaired) electrons. The molecule has 0 saturated heterocycles. The fourth-order valence-corrected chi connectivity index (χ4v) is 3.09. The molecule has 2 aromatic rings. The van der Waals surface area contributed by atoms with Crippen LogP contribution in [0.2, 0.25) is 0 Å². The Morgan fingerprint density at radius 2 is 2.22 bits per heavy atom. The van der Waals surface area contributed by atoms with E-state index in [0.717, 1.165) is 9.35 Å². The Hall–Kier alpha value is -1.38. The number of aryl methyl sites for hydroxylation is 1. The lowest BCUT2D eigenvalue weighted by atomic mass is 10.2. The van der Waals surface area contributed by atoms with Gasteiger partial charge in [0, 0.05) is 20.8 Å². The molecule has 0 bridgehead atoms. The second-order valence-electron chi connectivity index (χ2n) is 3.77. The van der Waals surface area contributed by atoms with Crippen LogP contribution in [0.15, 0.2) is 28.7 Å². The summed E-state index contributed by atoms with van der Waals surface area (Å²) in [6.07, 6.45) is 0. The van der Waals surface area contributed by atoms with Gasteiger partial charge in [-0.25, -0.2) is 4.39 Å². The third-order valence-corrected chi connectivity index (χ3v) is 4.60. The van der Waals surface area contributed by atoms with Gasteiger partial charge < -0.3 is 5.32 Å². The van der Waals surface area contributed by atoms with Gasteiger partial charge in [-0.05, 0) is 47.1 Å². The van der Waals surface area contributed by atoms with Crippen molar-refractivity contribution in [2.45, 2.75) is 13.5 Å². The zero-order valence-corrected chi connectivity index (χ0v) is 12.0. The number of nitrogens with one attached hydrogen (secondary N) is 1. The van der Waals surface area contributed by atoms with Crippen molar-refractivity contribution >= 4 is 33.0 Å². The van der Waals surface area contributed by atoms with E-state index in [1.165, 1.54) is 17.0 Å². The lowest BCUT2D eigenvalue weighted by molar-refractivity contribution is 0.627. The Bertz CT molecular complexity index is 596. The van der Waals surface area contributed by atoms with Gasteiger partial charge in [-0.2, -0.15) is 5.26 Å². The van der Waals surface area contributed by atoms with Gasteiger partial charge in [-0.1, -0.05) is 0 Å². The predicted molar refractivity (Wildman–Crippen MR) is 75.2 cm³/mol. The highest BCUT2D eigenvalue weighted by Gasteiger charge is 2.06. The molecule has 1 N–H and O–H groups in total. The number of thiophene rings is 1. The number of nitriles is 1. The summed E-state index contributed by atoms with van der Waals surface area (Å²) in [6, 6.07) is 8.19. The van der Waals surface area contributed by atoms with Crippen LogP contribution in [-0.4, -0.2) is 0 Å². The van der Waals surface area contributed by atoms with Crippen molar-refractivity contribution in [1.29, 1.82) is 5.26 Å². The molecule has 92 valence electrons. The van der Waals surface area contributed by atoms with Crippen molar-refractivity contribution in [1.82, 2.24) is 0 Å². The maximum absolute atomic E-state index is 13.0. The Labute approximate surface area is 117 Å². The minimum Gasteiger partial charge on any atom is -0.379 e. The molecular formula is C13H10BrFN2S. The van der Waals surface area contributed by atoms with Crippen LogP contribution < -0.4 is 5.32 Å². The molecule has 0 spiro atoms. The van der Waals surface area contributed by atoms with E-state index in [1.54, 1.807) is 17.4 Å². The third-order valence-electron chi connectivity index (χ3n) is 2.46. The quantitative estimate of drug-likeness (QED) is 0.905. The largest absolute Gasteiger partial charge is 0.379 e. The molecule has 5 heteroatoms. The Kier molecular flexibility index (Phi) is 4.00. The van der Waals surface area contributed by atoms with Crippen LogP contribution in [0.5, 0.6) is 0 Å². The average Bonchev–Trinajstić information content (AvgIpc) is 2.67. The molecular weight excluding hydrogens is 315 g/mol. The van der Waals surface area contributed by atoms with Crippen molar-refractivity contribution in [2.75, 3.05) is 5.32 Å². The summed E-state index contributed by atoms with van der Waals surface area (Å²) in [5.41, 5.74) is 0.975. The van der Waals surface area contributed by atoms with E-state index in [0.29, 0.717) is 17.8 Å². The summed E-state index contributed by atoms with van der Waals surface area (Å²) in [5, 5.41) is 12.1. The summed E-state index contributed by atoms with van der Waals surface area (Å²) in [4.78, 5) is 2.37. The van der Waals surface area contributed by atoms with Gasteiger partial charge in [0.1, 0.15) is 11.9 Å². The van der Waals surface area contributed by atoms with Gasteiger partial charge >= 0.3 is 0 Å². The number of hydrogen-bond donors (Lipinski definition) is 1. The lowest BCUT2D eigenvalue weighted by Gasteiger charge is -2.06. The average molecular weight is 325 g/mol. The number of hydrogen-bond acceptors (Lipinski definition) is 3. The number of nitrogens with zero attached hydrogens (tertiary/aromatic N) is 1. The van der Waals surface area contributed by atoms with Crippen molar-refractivity contribution in [3.05, 3.63) is 49.9 Å². The zero-order valence-electron chi connectivity index (χ0n) is 9.63. The van der Waals surface area contributed by atoms with Gasteiger partial charge in [-0.3, -0.25) is 0 Å². The highest BCUT2D eigenvalue weighted by molar-refractivity contribution is 9.10. The van der Waals surface area contributed by atoms with Crippen LogP contribution in [0.1, 0.15) is 15.3 Å². The van der Waals surface area contributed by atoms with Crippen molar-refractivity contribution in [3.8, 4) is 6.07 Å². The van der Waals surface area contributed by atoms with Crippen LogP contribution in [0.4, 0.5) is 10.1 Å². The van der Waals surface area contributed by atoms with E-state index in [4.69, 9.17) is 5.26 Å². The third kappa shape index (κ3) is 2.89. The van der Waals surface area contributed by atoms with Gasteiger partial charge in [-0.15, -0.1) is 11.3 Å². The monoisotopic (exact) mass is 324 g/mol. The summed E-state index contributed by atoms with van der Waals surface area (Å²) in [5.74, 6) is -0.396. The maximum Gasteiger partial charge on any atom is 0.124 e. The molecule has 1 aromatic heterocycles. The van der Waals surface area contributed by atoms with Gasteiger partial charge in [0.05, 0.1) is 11.3 Å². The van der Waals surface area contributed by atoms with Gasteiger partial charge in [0.25, 0.3) is 0 Å². The standard InChI is InChI=1S/C13H10BrFN2S/c1-8-12(14)5-11(18-8)7-17-13-3-2-10(15)4-9(13)6-16/h2-5,17H,7H2,1H3. The first kappa shape index (κ1) is 13.1. The molecule has 0 aliphatic carbocycles. The smallest absolute Gasteiger partial charge is 0.124 e. The highest BCUT2D eigenvalue weighted by atomic mass is 79.9. The predicted octanol–water partition coefficient (Wildman–Crippen LogP) is 4.44. The second-order valence-corrected chi connectivity index (χ2v) is 5.97. The maximum atomic E-state index is 13.0. The minimum absolute atomic E-state index is 0.322. The summed E-state index contributed by atoms with van der Waals surface area (Å²) >= 11 is 5.14. The molecule has 2 rings (SSSR count). The summed E-state index contributed by atoms with van der Waals surface area (Å²) in [6.45, 7) is 2.66. The van der Waals surface area contributed by atoms with Crippen LogP contribution in [0, 0.1) is 24.1 Å². The molecule has 2 nitrogen and oxygen atoms in total. The van der Waals surface area contributed by atoms with E-state index >= 15 is 0 Å². The van der Waals surface area contributed by atoms with E-state index < -0.39 is 5.82 Å². The van der Waals surface area contributed by atoms with E-state index in [2.05, 4.69) is 21.2 Å². The van der Waals surface area contributed by atoms with Crippen molar-refractivity contribution in [3.63, 3.8) is 0 Å². The first-order valence-corrected chi connectivity index (χ1v) is 6.89. The van der Waals surface area contributed by atoms with Crippen LogP contribution in [0.25, 0.3) is 0 Å². The van der Waals surface area contributed by atoms with Crippen LogP contribution >= 0.6 is 27.3 Å². The van der Waals surface area contributed by atoms with E-state index in [-0.39, 0.29) is 0 Å². The van der Waals surface area contributed by atoms with E-state index in [9.17, 15) is 4.39 Å². The fourth-order valence-electron chi connectivity index (χ4n) is 1.55. The Morgan fingerprint density at radius 3 is 2.83 bits per heavy atom. The molecule has 0 atom stereocenters. The number of anilines is 1. The molecule has 1 aromatic carbocycles. The minimum atomic E-state index is -0.396. The Balaban J connectivity index is 2.13. The fraction of sp³-hybridized carbons (Fsp3) is 0.154. The molecule has 0 aliphatic heterocycles. The number of benzene rings is 1. The van der Waals surface area contributed by atoms with Crippen molar-refractivity contribution < 1.29 is 4.39 Å². The lowest BCUT2D eigenvalue weighted by Crippen LogP contribution is -2.00. The van der Waals surface area contributed by atoms with Crippen molar-refractivity contribution in [2.24, 2.45) is 0 Å². The molecule has 1 heterocycles. The molecule has 0 aliphatic rings. The summed E-state index contributed by atoms with van der Waals surface area (Å²) in [7, 11) is 0. The zero-order chi connectivity index (χ0) is 13.1. The number of rotatable bonds is 3. The molecule has 18 heavy (non-hydrogen) atoms. The molecule has 0 unspecified atom stereocenters. The molecule has 0 fully saturated rings. The molecule has 0 amide bonds. The first-order valence-electron chi connectivity index (χ1n) is 5.28. The normalized spacial score (nSPS) is 10.1. The molecule has 0 saturated carbocycles. The van der Waals surface area contributed by atoms with Crippen LogP contribution in [0.3, 0.4) is 0 Å². The topological polar surface area (TPSA) is 35.8 Å². The van der Waals surface area contributed by atoms with Gasteiger partial charge in [0.2, 0.25) is 0 Å². The number of halogens is 2. The van der Waals surface area contributed by atoms with Crippen LogP contribution in [-0.2, 0) is 6.54 Å². The highest BCUT2D eigenvalue weighted by Crippen LogP contribution is 2.27.